The van der Waals surface area contributed by atoms with Crippen LogP contribution >= 0.6 is 0 Å². The van der Waals surface area contributed by atoms with Gasteiger partial charge in [-0.05, 0) is 20.5 Å². The Bertz CT molecular complexity index is 380. The van der Waals surface area contributed by atoms with Crippen molar-refractivity contribution in [1.29, 1.82) is 0 Å². The molecule has 6 heteroatoms. The van der Waals surface area contributed by atoms with Gasteiger partial charge >= 0.3 is 0 Å². The number of aliphatic hydroxyl groups is 1. The molecule has 1 fully saturated rings. The molecule has 102 valence electrons. The van der Waals surface area contributed by atoms with E-state index in [0.29, 0.717) is 25.0 Å². The van der Waals surface area contributed by atoms with Crippen molar-refractivity contribution in [3.05, 3.63) is 11.7 Å². The van der Waals surface area contributed by atoms with Crippen LogP contribution in [0.25, 0.3) is 0 Å². The van der Waals surface area contributed by atoms with Crippen LogP contribution in [0.1, 0.15) is 25.1 Å². The number of aromatic nitrogens is 2. The first-order valence-corrected chi connectivity index (χ1v) is 6.46. The van der Waals surface area contributed by atoms with Gasteiger partial charge in [0.2, 0.25) is 5.89 Å². The van der Waals surface area contributed by atoms with Gasteiger partial charge in [-0.2, -0.15) is 4.98 Å². The van der Waals surface area contributed by atoms with Crippen LogP contribution in [0.4, 0.5) is 0 Å². The van der Waals surface area contributed by atoms with E-state index in [-0.39, 0.29) is 6.10 Å². The first-order chi connectivity index (χ1) is 8.58. The fourth-order valence-electron chi connectivity index (χ4n) is 2.43. The lowest BCUT2D eigenvalue weighted by Crippen LogP contribution is -2.37. The van der Waals surface area contributed by atoms with Gasteiger partial charge < -0.3 is 14.5 Å². The molecule has 2 rings (SSSR count). The predicted molar refractivity (Wildman–Crippen MR) is 67.1 cm³/mol. The number of hydrogen-bond donors (Lipinski definition) is 1. The fraction of sp³-hybridized carbons (Fsp3) is 0.833. The fourth-order valence-corrected chi connectivity index (χ4v) is 2.43. The summed E-state index contributed by atoms with van der Waals surface area (Å²) in [6.45, 7) is 4.25. The maximum Gasteiger partial charge on any atom is 0.240 e. The number of rotatable bonds is 5. The van der Waals surface area contributed by atoms with E-state index in [1.807, 2.05) is 21.0 Å². The van der Waals surface area contributed by atoms with Crippen molar-refractivity contribution in [2.45, 2.75) is 38.5 Å². The number of β-amino-alcohol motifs (C(OH)–C–C–N with tert-alkyl or cyclic N) is 1. The van der Waals surface area contributed by atoms with Crippen LogP contribution < -0.4 is 0 Å². The highest BCUT2D eigenvalue weighted by molar-refractivity contribution is 4.91. The van der Waals surface area contributed by atoms with Crippen molar-refractivity contribution < 1.29 is 9.63 Å². The van der Waals surface area contributed by atoms with E-state index in [2.05, 4.69) is 19.9 Å². The molecule has 18 heavy (non-hydrogen) atoms. The van der Waals surface area contributed by atoms with E-state index in [0.717, 1.165) is 25.2 Å². The third-order valence-electron chi connectivity index (χ3n) is 3.25. The first kappa shape index (κ1) is 13.5. The Labute approximate surface area is 108 Å². The first-order valence-electron chi connectivity index (χ1n) is 6.46. The molecule has 1 saturated heterocycles. The molecule has 0 radical (unpaired) electrons. The normalized spacial score (nSPS) is 25.2. The molecule has 0 aromatic carbocycles. The van der Waals surface area contributed by atoms with Crippen molar-refractivity contribution in [1.82, 2.24) is 19.9 Å². The van der Waals surface area contributed by atoms with E-state index >= 15 is 0 Å². The highest BCUT2D eigenvalue weighted by Gasteiger charge is 2.32. The van der Waals surface area contributed by atoms with E-state index < -0.39 is 0 Å². The van der Waals surface area contributed by atoms with Crippen molar-refractivity contribution in [3.63, 3.8) is 0 Å². The molecule has 1 aromatic rings. The van der Waals surface area contributed by atoms with Gasteiger partial charge in [-0.1, -0.05) is 12.1 Å². The summed E-state index contributed by atoms with van der Waals surface area (Å²) in [6, 6.07) is 0.354. The molecule has 2 unspecified atom stereocenters. The number of likely N-dealkylation sites (N-methyl/N-ethyl adjacent to an activating group) is 1. The predicted octanol–water partition coefficient (Wildman–Crippen LogP) is 0.129. The minimum absolute atomic E-state index is 0.247. The third-order valence-corrected chi connectivity index (χ3v) is 3.25. The number of nitrogens with zero attached hydrogens (tertiary/aromatic N) is 4. The van der Waals surface area contributed by atoms with Crippen molar-refractivity contribution in [2.75, 3.05) is 27.2 Å². The second-order valence-corrected chi connectivity index (χ2v) is 5.19. The Balaban J connectivity index is 1.97. The largest absolute Gasteiger partial charge is 0.392 e. The monoisotopic (exact) mass is 254 g/mol. The number of aryl methyl sites for hydroxylation is 1. The zero-order valence-corrected chi connectivity index (χ0v) is 11.3. The lowest BCUT2D eigenvalue weighted by molar-refractivity contribution is 0.158. The van der Waals surface area contributed by atoms with Crippen LogP contribution in [-0.2, 0) is 13.0 Å². The summed E-state index contributed by atoms with van der Waals surface area (Å²) in [5, 5.41) is 13.7. The molecule has 6 nitrogen and oxygen atoms in total. The highest BCUT2D eigenvalue weighted by Crippen LogP contribution is 2.20. The van der Waals surface area contributed by atoms with Crippen molar-refractivity contribution in [2.24, 2.45) is 0 Å². The van der Waals surface area contributed by atoms with Gasteiger partial charge in [-0.15, -0.1) is 0 Å². The summed E-state index contributed by atoms with van der Waals surface area (Å²) in [7, 11) is 4.09. The summed E-state index contributed by atoms with van der Waals surface area (Å²) in [6.07, 6.45) is 1.35. The average molecular weight is 254 g/mol. The quantitative estimate of drug-likeness (QED) is 0.805. The molecule has 0 spiro atoms. The van der Waals surface area contributed by atoms with Crippen LogP contribution in [0.15, 0.2) is 4.52 Å². The summed E-state index contributed by atoms with van der Waals surface area (Å²) in [4.78, 5) is 8.68. The maximum atomic E-state index is 9.79. The van der Waals surface area contributed by atoms with Crippen LogP contribution in [0, 0.1) is 0 Å². The van der Waals surface area contributed by atoms with Gasteiger partial charge in [-0.3, -0.25) is 4.90 Å². The standard InChI is InChI=1S/C12H22N4O2/c1-4-11-13-12(18-14-11)8-16-7-10(17)5-9(16)6-15(2)3/h9-10,17H,4-8H2,1-3H3. The minimum atomic E-state index is -0.247. The van der Waals surface area contributed by atoms with Gasteiger partial charge in [0.05, 0.1) is 12.6 Å². The van der Waals surface area contributed by atoms with Crippen molar-refractivity contribution >= 4 is 0 Å². The van der Waals surface area contributed by atoms with Crippen LogP contribution in [-0.4, -0.2) is 64.4 Å². The second-order valence-electron chi connectivity index (χ2n) is 5.19. The summed E-state index contributed by atoms with van der Waals surface area (Å²) in [5.74, 6) is 1.39. The van der Waals surface area contributed by atoms with Gasteiger partial charge in [0, 0.05) is 25.6 Å². The minimum Gasteiger partial charge on any atom is -0.392 e. The molecular weight excluding hydrogens is 232 g/mol. The van der Waals surface area contributed by atoms with Crippen LogP contribution in [0.5, 0.6) is 0 Å². The summed E-state index contributed by atoms with van der Waals surface area (Å²) >= 11 is 0. The average Bonchev–Trinajstić information content (AvgIpc) is 2.86. The number of likely N-dealkylation sites (tertiary alicyclic amines) is 1. The molecule has 0 bridgehead atoms. The SMILES string of the molecule is CCc1noc(CN2CC(O)CC2CN(C)C)n1. The van der Waals surface area contributed by atoms with Gasteiger partial charge in [-0.25, -0.2) is 0 Å². The Morgan fingerprint density at radius 2 is 2.28 bits per heavy atom. The lowest BCUT2D eigenvalue weighted by Gasteiger charge is -2.25. The summed E-state index contributed by atoms with van der Waals surface area (Å²) < 4.78 is 5.21. The molecule has 0 aliphatic carbocycles. The van der Waals surface area contributed by atoms with Gasteiger partial charge in [0.25, 0.3) is 0 Å². The Hall–Kier alpha value is -0.980. The molecule has 2 atom stereocenters. The molecule has 1 aliphatic rings. The highest BCUT2D eigenvalue weighted by atomic mass is 16.5. The summed E-state index contributed by atoms with van der Waals surface area (Å²) in [5.41, 5.74) is 0. The topological polar surface area (TPSA) is 65.6 Å². The molecule has 0 saturated carbocycles. The zero-order chi connectivity index (χ0) is 13.1. The Morgan fingerprint density at radius 3 is 2.89 bits per heavy atom. The van der Waals surface area contributed by atoms with Crippen molar-refractivity contribution in [3.8, 4) is 0 Å². The van der Waals surface area contributed by atoms with E-state index in [9.17, 15) is 5.11 Å². The molecule has 1 N–H and O–H groups in total. The van der Waals surface area contributed by atoms with E-state index in [4.69, 9.17) is 4.52 Å². The molecule has 1 aliphatic heterocycles. The smallest absolute Gasteiger partial charge is 0.240 e. The van der Waals surface area contributed by atoms with Crippen LogP contribution in [0.3, 0.4) is 0 Å². The lowest BCUT2D eigenvalue weighted by atomic mass is 10.2. The molecule has 2 heterocycles. The van der Waals surface area contributed by atoms with E-state index in [1.54, 1.807) is 0 Å². The van der Waals surface area contributed by atoms with E-state index in [1.165, 1.54) is 0 Å². The molecule has 1 aromatic heterocycles. The maximum absolute atomic E-state index is 9.79. The zero-order valence-electron chi connectivity index (χ0n) is 11.3. The van der Waals surface area contributed by atoms with Crippen LogP contribution in [0.2, 0.25) is 0 Å². The third kappa shape index (κ3) is 3.28. The Kier molecular flexibility index (Phi) is 4.31. The number of aliphatic hydroxyl groups excluding tert-OH is 1. The Morgan fingerprint density at radius 1 is 1.50 bits per heavy atom. The van der Waals surface area contributed by atoms with Gasteiger partial charge in [0.15, 0.2) is 5.82 Å². The number of hydrogen-bond acceptors (Lipinski definition) is 6. The molecular formula is C12H22N4O2. The molecule has 0 amide bonds. The second kappa shape index (κ2) is 5.77. The van der Waals surface area contributed by atoms with Gasteiger partial charge in [0.1, 0.15) is 0 Å².